The van der Waals surface area contributed by atoms with Crippen LogP contribution in [0.1, 0.15) is 22.8 Å². The molecule has 0 saturated carbocycles. The third-order valence-corrected chi connectivity index (χ3v) is 3.79. The van der Waals surface area contributed by atoms with E-state index in [1.165, 1.54) is 4.90 Å². The van der Waals surface area contributed by atoms with Crippen molar-refractivity contribution in [3.05, 3.63) is 35.4 Å². The van der Waals surface area contributed by atoms with Gasteiger partial charge >= 0.3 is 0 Å². The predicted molar refractivity (Wildman–Crippen MR) is 85.4 cm³/mol. The third-order valence-electron chi connectivity index (χ3n) is 3.79. The molecule has 3 amide bonds. The molecule has 2 rings (SSSR count). The van der Waals surface area contributed by atoms with E-state index in [1.54, 1.807) is 31.2 Å². The Balaban J connectivity index is 1.92. The number of rotatable bonds is 5. The maximum atomic E-state index is 12.3. The monoisotopic (exact) mass is 318 g/mol. The number of nitrogens with one attached hydrogen (secondary N) is 2. The Hall–Kier alpha value is -2.41. The molecule has 7 nitrogen and oxygen atoms in total. The van der Waals surface area contributed by atoms with Crippen LogP contribution in [0.25, 0.3) is 0 Å². The molecule has 1 aliphatic rings. The van der Waals surface area contributed by atoms with Gasteiger partial charge < -0.3 is 21.3 Å². The molecule has 1 aromatic rings. The van der Waals surface area contributed by atoms with Crippen molar-refractivity contribution in [1.82, 2.24) is 15.5 Å². The van der Waals surface area contributed by atoms with Crippen LogP contribution in [0.15, 0.2) is 24.3 Å². The number of carbonyl (C=O) groups is 3. The summed E-state index contributed by atoms with van der Waals surface area (Å²) in [6.45, 7) is 3.55. The van der Waals surface area contributed by atoms with E-state index >= 15 is 0 Å². The minimum Gasteiger partial charge on any atom is -0.353 e. The normalized spacial score (nSPS) is 15.7. The molecule has 1 saturated heterocycles. The minimum atomic E-state index is -0.221. The topological polar surface area (TPSA) is 105 Å². The molecule has 0 bridgehead atoms. The Bertz CT molecular complexity index is 585. The molecule has 124 valence electrons. The fraction of sp³-hybridized carbons (Fsp3) is 0.438. The van der Waals surface area contributed by atoms with E-state index in [4.69, 9.17) is 5.73 Å². The second kappa shape index (κ2) is 7.73. The lowest BCUT2D eigenvalue weighted by Crippen LogP contribution is -2.49. The van der Waals surface area contributed by atoms with Crippen molar-refractivity contribution in [2.24, 2.45) is 11.7 Å². The van der Waals surface area contributed by atoms with Crippen LogP contribution >= 0.6 is 0 Å². The van der Waals surface area contributed by atoms with Gasteiger partial charge in [-0.05, 0) is 17.7 Å². The van der Waals surface area contributed by atoms with E-state index in [0.717, 1.165) is 5.56 Å². The highest BCUT2D eigenvalue weighted by Crippen LogP contribution is 2.09. The molecule has 0 aromatic heterocycles. The Morgan fingerprint density at radius 3 is 2.65 bits per heavy atom. The zero-order valence-electron chi connectivity index (χ0n) is 13.2. The number of hydrogen-bond donors (Lipinski definition) is 3. The van der Waals surface area contributed by atoms with E-state index in [-0.39, 0.29) is 30.2 Å². The van der Waals surface area contributed by atoms with E-state index in [1.807, 2.05) is 0 Å². The molecule has 1 aromatic carbocycles. The van der Waals surface area contributed by atoms with E-state index < -0.39 is 0 Å². The van der Waals surface area contributed by atoms with Crippen molar-refractivity contribution in [1.29, 1.82) is 0 Å². The van der Waals surface area contributed by atoms with Crippen LogP contribution in [0.4, 0.5) is 0 Å². The van der Waals surface area contributed by atoms with Crippen molar-refractivity contribution < 1.29 is 14.4 Å². The summed E-state index contributed by atoms with van der Waals surface area (Å²) in [6.07, 6.45) is 0. The van der Waals surface area contributed by atoms with Gasteiger partial charge in [0.2, 0.25) is 11.8 Å². The van der Waals surface area contributed by atoms with Crippen LogP contribution in [-0.4, -0.2) is 48.8 Å². The molecule has 23 heavy (non-hydrogen) atoms. The summed E-state index contributed by atoms with van der Waals surface area (Å²) in [4.78, 5) is 36.8. The van der Waals surface area contributed by atoms with Gasteiger partial charge in [-0.2, -0.15) is 0 Å². The van der Waals surface area contributed by atoms with Gasteiger partial charge in [0, 0.05) is 37.7 Å². The van der Waals surface area contributed by atoms with E-state index in [9.17, 15) is 14.4 Å². The highest BCUT2D eigenvalue weighted by atomic mass is 16.2. The van der Waals surface area contributed by atoms with Gasteiger partial charge in [0.25, 0.3) is 5.91 Å². The van der Waals surface area contributed by atoms with Crippen molar-refractivity contribution in [3.8, 4) is 0 Å². The van der Waals surface area contributed by atoms with Gasteiger partial charge in [-0.15, -0.1) is 0 Å². The minimum absolute atomic E-state index is 0.0908. The standard InChI is InChI=1S/C16H22N4O3/c1-11(8-17)15(22)19-9-12-2-4-13(5-3-12)16(23)20-7-6-18-14(21)10-20/h2-5,11H,6-10,17H2,1H3,(H,18,21)(H,19,22). The molecule has 0 aliphatic carbocycles. The molecule has 1 aliphatic heterocycles. The number of benzene rings is 1. The zero-order valence-corrected chi connectivity index (χ0v) is 13.2. The van der Waals surface area contributed by atoms with Gasteiger partial charge in [-0.25, -0.2) is 0 Å². The van der Waals surface area contributed by atoms with E-state index in [2.05, 4.69) is 10.6 Å². The predicted octanol–water partition coefficient (Wildman–Crippen LogP) is -0.530. The summed E-state index contributed by atoms with van der Waals surface area (Å²) in [5, 5.41) is 5.49. The Morgan fingerprint density at radius 2 is 2.04 bits per heavy atom. The zero-order chi connectivity index (χ0) is 16.8. The van der Waals surface area contributed by atoms with Gasteiger partial charge in [0.05, 0.1) is 6.54 Å². The highest BCUT2D eigenvalue weighted by Gasteiger charge is 2.22. The summed E-state index contributed by atoms with van der Waals surface area (Å²) < 4.78 is 0. The molecular formula is C16H22N4O3. The van der Waals surface area contributed by atoms with Gasteiger partial charge in [0.15, 0.2) is 0 Å². The quantitative estimate of drug-likeness (QED) is 0.679. The van der Waals surface area contributed by atoms with Crippen molar-refractivity contribution >= 4 is 17.7 Å². The van der Waals surface area contributed by atoms with Crippen molar-refractivity contribution in [2.45, 2.75) is 13.5 Å². The van der Waals surface area contributed by atoms with Crippen molar-refractivity contribution in [2.75, 3.05) is 26.2 Å². The fourth-order valence-corrected chi connectivity index (χ4v) is 2.23. The molecule has 1 fully saturated rings. The lowest BCUT2D eigenvalue weighted by atomic mass is 10.1. The average molecular weight is 318 g/mol. The number of nitrogens with two attached hydrogens (primary N) is 1. The Labute approximate surface area is 135 Å². The van der Waals surface area contributed by atoms with Crippen LogP contribution in [0.5, 0.6) is 0 Å². The molecular weight excluding hydrogens is 296 g/mol. The van der Waals surface area contributed by atoms with Crippen LogP contribution in [-0.2, 0) is 16.1 Å². The SMILES string of the molecule is CC(CN)C(=O)NCc1ccc(C(=O)N2CCNC(=O)C2)cc1. The molecule has 7 heteroatoms. The first-order valence-corrected chi connectivity index (χ1v) is 7.64. The molecule has 0 radical (unpaired) electrons. The smallest absolute Gasteiger partial charge is 0.254 e. The number of carbonyl (C=O) groups excluding carboxylic acids is 3. The van der Waals surface area contributed by atoms with Crippen molar-refractivity contribution in [3.63, 3.8) is 0 Å². The molecule has 0 spiro atoms. The Morgan fingerprint density at radius 1 is 1.35 bits per heavy atom. The fourth-order valence-electron chi connectivity index (χ4n) is 2.23. The maximum Gasteiger partial charge on any atom is 0.254 e. The van der Waals surface area contributed by atoms with Crippen LogP contribution in [0, 0.1) is 5.92 Å². The number of piperazine rings is 1. The lowest BCUT2D eigenvalue weighted by Gasteiger charge is -2.26. The average Bonchev–Trinajstić information content (AvgIpc) is 2.58. The first-order valence-electron chi connectivity index (χ1n) is 7.64. The van der Waals surface area contributed by atoms with Crippen LogP contribution in [0.3, 0.4) is 0 Å². The number of hydrogen-bond acceptors (Lipinski definition) is 4. The maximum absolute atomic E-state index is 12.3. The lowest BCUT2D eigenvalue weighted by molar-refractivity contribution is -0.124. The second-order valence-electron chi connectivity index (χ2n) is 5.63. The summed E-state index contributed by atoms with van der Waals surface area (Å²) in [7, 11) is 0. The van der Waals surface area contributed by atoms with Crippen LogP contribution in [0.2, 0.25) is 0 Å². The summed E-state index contributed by atoms with van der Waals surface area (Å²) >= 11 is 0. The van der Waals surface area contributed by atoms with Gasteiger partial charge in [-0.3, -0.25) is 14.4 Å². The van der Waals surface area contributed by atoms with Crippen LogP contribution < -0.4 is 16.4 Å². The summed E-state index contributed by atoms with van der Waals surface area (Å²) in [6, 6.07) is 7.01. The molecule has 1 unspecified atom stereocenters. The van der Waals surface area contributed by atoms with Gasteiger partial charge in [-0.1, -0.05) is 19.1 Å². The first-order chi connectivity index (χ1) is 11.0. The summed E-state index contributed by atoms with van der Waals surface area (Å²) in [5.41, 5.74) is 6.88. The highest BCUT2D eigenvalue weighted by molar-refractivity contribution is 5.97. The molecule has 1 heterocycles. The Kier molecular flexibility index (Phi) is 5.70. The number of amides is 3. The molecule has 4 N–H and O–H groups in total. The van der Waals surface area contributed by atoms with Gasteiger partial charge in [0.1, 0.15) is 0 Å². The first kappa shape index (κ1) is 17.0. The molecule has 1 atom stereocenters. The summed E-state index contributed by atoms with van der Waals surface area (Å²) in [5.74, 6) is -0.613. The number of nitrogens with zero attached hydrogens (tertiary/aromatic N) is 1. The third kappa shape index (κ3) is 4.53. The largest absolute Gasteiger partial charge is 0.353 e. The second-order valence-corrected chi connectivity index (χ2v) is 5.63. The van der Waals surface area contributed by atoms with E-state index in [0.29, 0.717) is 31.7 Å².